The number of morpholine rings is 1. The van der Waals surface area contributed by atoms with E-state index in [4.69, 9.17) is 4.74 Å². The molecule has 1 aliphatic heterocycles. The Morgan fingerprint density at radius 3 is 2.59 bits per heavy atom. The van der Waals surface area contributed by atoms with Crippen LogP contribution >= 0.6 is 11.3 Å². The molecule has 0 unspecified atom stereocenters. The van der Waals surface area contributed by atoms with E-state index >= 15 is 0 Å². The first-order valence-corrected chi connectivity index (χ1v) is 10.5. The monoisotopic (exact) mass is 410 g/mol. The average Bonchev–Trinajstić information content (AvgIpc) is 3.20. The number of hydrogen-bond donors (Lipinski definition) is 0. The van der Waals surface area contributed by atoms with Gasteiger partial charge >= 0.3 is 0 Å². The van der Waals surface area contributed by atoms with Crippen LogP contribution < -0.4 is 4.90 Å². The number of amides is 1. The van der Waals surface area contributed by atoms with Crippen LogP contribution in [0.4, 0.5) is 9.39 Å². The van der Waals surface area contributed by atoms with Crippen molar-refractivity contribution >= 4 is 22.2 Å². The zero-order valence-electron chi connectivity index (χ0n) is 16.3. The Bertz CT molecular complexity index is 984. The molecule has 1 saturated heterocycles. The molecule has 0 atom stereocenters. The molecule has 150 valence electrons. The Hall–Kier alpha value is -2.70. The van der Waals surface area contributed by atoms with Gasteiger partial charge in [0.15, 0.2) is 0 Å². The Labute approximate surface area is 174 Å². The number of ether oxygens (including phenoxy) is 1. The second-order valence-electron chi connectivity index (χ2n) is 7.09. The zero-order valence-corrected chi connectivity index (χ0v) is 17.1. The number of carbonyl (C=O) groups excluding carboxylic acids is 1. The summed E-state index contributed by atoms with van der Waals surface area (Å²) in [5, 5.41) is 1.10. The van der Waals surface area contributed by atoms with E-state index in [-0.39, 0.29) is 11.7 Å². The summed E-state index contributed by atoms with van der Waals surface area (Å²) in [5.41, 5.74) is 2.94. The van der Waals surface area contributed by atoms with Gasteiger partial charge in [0.25, 0.3) is 5.91 Å². The van der Waals surface area contributed by atoms with Gasteiger partial charge in [-0.3, -0.25) is 4.79 Å². The number of anilines is 1. The van der Waals surface area contributed by atoms with E-state index in [1.165, 1.54) is 23.5 Å². The van der Waals surface area contributed by atoms with Crippen molar-refractivity contribution in [2.45, 2.75) is 6.54 Å². The minimum absolute atomic E-state index is 0.0593. The minimum atomic E-state index is -0.291. The quantitative estimate of drug-likeness (QED) is 0.613. The van der Waals surface area contributed by atoms with E-state index in [1.807, 2.05) is 30.3 Å². The molecule has 2 heterocycles. The first-order valence-electron chi connectivity index (χ1n) is 9.63. The summed E-state index contributed by atoms with van der Waals surface area (Å²) < 4.78 is 19.0. The van der Waals surface area contributed by atoms with Crippen molar-refractivity contribution in [3.63, 3.8) is 0 Å². The fourth-order valence-corrected chi connectivity index (χ4v) is 4.71. The second kappa shape index (κ2) is 8.76. The predicted octanol–water partition coefficient (Wildman–Crippen LogP) is 4.66. The topological polar surface area (TPSA) is 32.8 Å². The lowest BCUT2D eigenvalue weighted by atomic mass is 10.1. The van der Waals surface area contributed by atoms with Gasteiger partial charge in [0.05, 0.1) is 23.1 Å². The molecule has 4 nitrogen and oxygen atoms in total. The summed E-state index contributed by atoms with van der Waals surface area (Å²) in [6.45, 7) is 3.37. The van der Waals surface area contributed by atoms with Crippen LogP contribution in [0.25, 0.3) is 11.1 Å². The highest BCUT2D eigenvalue weighted by Gasteiger charge is 2.23. The lowest BCUT2D eigenvalue weighted by Gasteiger charge is -2.28. The van der Waals surface area contributed by atoms with Crippen molar-refractivity contribution in [3.05, 3.63) is 76.9 Å². The van der Waals surface area contributed by atoms with Gasteiger partial charge in [0.1, 0.15) is 5.82 Å². The Morgan fingerprint density at radius 1 is 1.10 bits per heavy atom. The van der Waals surface area contributed by atoms with Gasteiger partial charge in [-0.15, -0.1) is 11.3 Å². The van der Waals surface area contributed by atoms with Gasteiger partial charge in [0.2, 0.25) is 0 Å². The molecule has 29 heavy (non-hydrogen) atoms. The molecule has 0 N–H and O–H groups in total. The molecule has 0 spiro atoms. The maximum atomic E-state index is 13.5. The van der Waals surface area contributed by atoms with Gasteiger partial charge in [-0.2, -0.15) is 0 Å². The third kappa shape index (κ3) is 4.49. The molecule has 0 saturated carbocycles. The van der Waals surface area contributed by atoms with Crippen LogP contribution in [0.2, 0.25) is 0 Å². The van der Waals surface area contributed by atoms with Crippen molar-refractivity contribution in [1.29, 1.82) is 0 Å². The van der Waals surface area contributed by atoms with Gasteiger partial charge in [-0.25, -0.2) is 4.39 Å². The molecule has 6 heteroatoms. The number of halogens is 1. The van der Waals surface area contributed by atoms with E-state index < -0.39 is 0 Å². The first kappa shape index (κ1) is 19.6. The summed E-state index contributed by atoms with van der Waals surface area (Å²) in [7, 11) is 1.75. The molecule has 1 amide bonds. The minimum Gasteiger partial charge on any atom is -0.378 e. The Morgan fingerprint density at radius 2 is 1.86 bits per heavy atom. The molecular weight excluding hydrogens is 387 g/mol. The van der Waals surface area contributed by atoms with E-state index in [0.29, 0.717) is 24.6 Å². The van der Waals surface area contributed by atoms with Crippen LogP contribution in [0, 0.1) is 5.82 Å². The second-order valence-corrected chi connectivity index (χ2v) is 8.12. The molecule has 0 aliphatic carbocycles. The van der Waals surface area contributed by atoms with Crippen LogP contribution in [-0.4, -0.2) is 44.2 Å². The molecule has 1 fully saturated rings. The zero-order chi connectivity index (χ0) is 20.2. The summed E-state index contributed by atoms with van der Waals surface area (Å²) >= 11 is 1.52. The fraction of sp³-hybridized carbons (Fsp3) is 0.261. The van der Waals surface area contributed by atoms with Crippen LogP contribution in [0.1, 0.15) is 15.2 Å². The van der Waals surface area contributed by atoms with Crippen LogP contribution in [0.5, 0.6) is 0 Å². The maximum Gasteiger partial charge on any atom is 0.264 e. The van der Waals surface area contributed by atoms with Crippen LogP contribution in [0.3, 0.4) is 0 Å². The number of carbonyl (C=O) groups is 1. The fourth-order valence-electron chi connectivity index (χ4n) is 3.48. The lowest BCUT2D eigenvalue weighted by Crippen LogP contribution is -2.35. The average molecular weight is 411 g/mol. The van der Waals surface area contributed by atoms with Crippen molar-refractivity contribution in [2.75, 3.05) is 38.3 Å². The van der Waals surface area contributed by atoms with E-state index in [9.17, 15) is 9.18 Å². The number of thiophene rings is 1. The maximum absolute atomic E-state index is 13.5. The SMILES string of the molecule is CN(Cc1cccc(F)c1)C(=O)c1cc(-c2ccccc2)c(N2CCOCC2)s1. The van der Waals surface area contributed by atoms with Gasteiger partial charge in [-0.05, 0) is 29.3 Å². The molecule has 2 aromatic carbocycles. The summed E-state index contributed by atoms with van der Waals surface area (Å²) in [6, 6.07) is 18.5. The summed E-state index contributed by atoms with van der Waals surface area (Å²) in [6.07, 6.45) is 0. The number of benzene rings is 2. The molecule has 1 aromatic heterocycles. The highest BCUT2D eigenvalue weighted by molar-refractivity contribution is 7.18. The summed E-state index contributed by atoms with van der Waals surface area (Å²) in [4.78, 5) is 17.7. The first-order chi connectivity index (χ1) is 14.1. The van der Waals surface area contributed by atoms with E-state index in [1.54, 1.807) is 18.0 Å². The third-order valence-corrected chi connectivity index (χ3v) is 6.15. The standard InChI is InChI=1S/C23H23FN2O2S/c1-25(16-17-6-5-9-19(24)14-17)22(27)21-15-20(18-7-3-2-4-8-18)23(29-21)26-10-12-28-13-11-26/h2-9,14-15H,10-13,16H2,1H3. The highest BCUT2D eigenvalue weighted by Crippen LogP contribution is 2.39. The Kier molecular flexibility index (Phi) is 5.92. The number of hydrogen-bond acceptors (Lipinski definition) is 4. The number of nitrogens with zero attached hydrogens (tertiary/aromatic N) is 2. The van der Waals surface area contributed by atoms with Crippen molar-refractivity contribution in [1.82, 2.24) is 4.90 Å². The van der Waals surface area contributed by atoms with Crippen LogP contribution in [0.15, 0.2) is 60.7 Å². The third-order valence-electron chi connectivity index (χ3n) is 4.96. The molecule has 1 aliphatic rings. The van der Waals surface area contributed by atoms with Gasteiger partial charge in [0, 0.05) is 32.2 Å². The summed E-state index contributed by atoms with van der Waals surface area (Å²) in [5.74, 6) is -0.351. The Balaban J connectivity index is 1.62. The van der Waals surface area contributed by atoms with Crippen molar-refractivity contribution in [3.8, 4) is 11.1 Å². The van der Waals surface area contributed by atoms with Gasteiger partial charge < -0.3 is 14.5 Å². The molecule has 0 bridgehead atoms. The van der Waals surface area contributed by atoms with E-state index in [2.05, 4.69) is 17.0 Å². The smallest absolute Gasteiger partial charge is 0.264 e. The molecule has 4 rings (SSSR count). The highest BCUT2D eigenvalue weighted by atomic mass is 32.1. The number of rotatable bonds is 5. The largest absolute Gasteiger partial charge is 0.378 e. The molecule has 0 radical (unpaired) electrons. The normalized spacial score (nSPS) is 14.1. The predicted molar refractivity (Wildman–Crippen MR) is 115 cm³/mol. The van der Waals surface area contributed by atoms with Crippen LogP contribution in [-0.2, 0) is 11.3 Å². The molecule has 3 aromatic rings. The van der Waals surface area contributed by atoms with E-state index in [0.717, 1.165) is 34.8 Å². The van der Waals surface area contributed by atoms with Crippen molar-refractivity contribution < 1.29 is 13.9 Å². The molecular formula is C23H23FN2O2S. The van der Waals surface area contributed by atoms with Crippen molar-refractivity contribution in [2.24, 2.45) is 0 Å². The lowest BCUT2D eigenvalue weighted by molar-refractivity contribution is 0.0789. The van der Waals surface area contributed by atoms with Gasteiger partial charge in [-0.1, -0.05) is 42.5 Å².